The van der Waals surface area contributed by atoms with Gasteiger partial charge in [0, 0.05) is 20.6 Å². The van der Waals surface area contributed by atoms with Crippen molar-refractivity contribution in [3.8, 4) is 5.88 Å². The van der Waals surface area contributed by atoms with E-state index in [1.165, 1.54) is 0 Å². The summed E-state index contributed by atoms with van der Waals surface area (Å²) in [5.41, 5.74) is 0.934. The van der Waals surface area contributed by atoms with E-state index >= 15 is 0 Å². The number of anilines is 1. The number of aryl methyl sites for hydroxylation is 1. The lowest BCUT2D eigenvalue weighted by atomic mass is 10.3. The fraction of sp³-hybridized carbons (Fsp3) is 0.667. The molecule has 0 amide bonds. The molecule has 17 heavy (non-hydrogen) atoms. The number of ether oxygens (including phenoxy) is 2. The Bertz CT molecular complexity index is 356. The van der Waals surface area contributed by atoms with Crippen LogP contribution in [0.5, 0.6) is 5.88 Å². The summed E-state index contributed by atoms with van der Waals surface area (Å²) in [7, 11) is 3.50. The quantitative estimate of drug-likeness (QED) is 0.735. The molecule has 1 rings (SSSR count). The molecule has 0 bridgehead atoms. The standard InChI is InChI=1S/C12H21N3O2/c1-5-6-10-14-11(13-3)9(2)12(15-10)17-8-7-16-4/h5-8H2,1-4H3,(H,13,14,15). The van der Waals surface area contributed by atoms with Crippen molar-refractivity contribution < 1.29 is 9.47 Å². The Hall–Kier alpha value is -1.36. The summed E-state index contributed by atoms with van der Waals surface area (Å²) in [5.74, 6) is 2.29. The first kappa shape index (κ1) is 13.7. The summed E-state index contributed by atoms with van der Waals surface area (Å²) in [6.07, 6.45) is 1.87. The van der Waals surface area contributed by atoms with Gasteiger partial charge in [-0.25, -0.2) is 4.98 Å². The first-order valence-corrected chi connectivity index (χ1v) is 5.89. The van der Waals surface area contributed by atoms with Crippen LogP contribution in [0.25, 0.3) is 0 Å². The minimum Gasteiger partial charge on any atom is -0.475 e. The van der Waals surface area contributed by atoms with Gasteiger partial charge in [-0.3, -0.25) is 0 Å². The van der Waals surface area contributed by atoms with Gasteiger partial charge in [0.1, 0.15) is 18.2 Å². The smallest absolute Gasteiger partial charge is 0.221 e. The summed E-state index contributed by atoms with van der Waals surface area (Å²) in [6.45, 7) is 5.11. The molecular weight excluding hydrogens is 218 g/mol. The molecule has 0 fully saturated rings. The van der Waals surface area contributed by atoms with Gasteiger partial charge in [0.05, 0.1) is 12.2 Å². The molecule has 0 unspecified atom stereocenters. The highest BCUT2D eigenvalue weighted by Gasteiger charge is 2.10. The van der Waals surface area contributed by atoms with Crippen molar-refractivity contribution in [1.29, 1.82) is 0 Å². The molecule has 96 valence electrons. The van der Waals surface area contributed by atoms with Crippen molar-refractivity contribution in [2.24, 2.45) is 0 Å². The van der Waals surface area contributed by atoms with E-state index in [9.17, 15) is 0 Å². The van der Waals surface area contributed by atoms with Crippen molar-refractivity contribution in [3.63, 3.8) is 0 Å². The van der Waals surface area contributed by atoms with Crippen LogP contribution in [-0.4, -0.2) is 37.3 Å². The molecule has 0 saturated heterocycles. The molecule has 0 aliphatic rings. The summed E-state index contributed by atoms with van der Waals surface area (Å²) in [5, 5.41) is 3.06. The number of hydrogen-bond acceptors (Lipinski definition) is 5. The molecule has 0 spiro atoms. The Labute approximate surface area is 103 Å². The third kappa shape index (κ3) is 3.85. The fourth-order valence-corrected chi connectivity index (χ4v) is 1.48. The number of methoxy groups -OCH3 is 1. The maximum Gasteiger partial charge on any atom is 0.221 e. The summed E-state index contributed by atoms with van der Waals surface area (Å²) < 4.78 is 10.5. The van der Waals surface area contributed by atoms with Crippen LogP contribution < -0.4 is 10.1 Å². The highest BCUT2D eigenvalue weighted by Crippen LogP contribution is 2.22. The Kier molecular flexibility index (Phi) is 5.69. The molecular formula is C12H21N3O2. The van der Waals surface area contributed by atoms with E-state index in [2.05, 4.69) is 22.2 Å². The van der Waals surface area contributed by atoms with Crippen molar-refractivity contribution in [2.45, 2.75) is 26.7 Å². The van der Waals surface area contributed by atoms with E-state index in [0.29, 0.717) is 19.1 Å². The normalized spacial score (nSPS) is 10.4. The maximum absolute atomic E-state index is 5.59. The first-order valence-electron chi connectivity index (χ1n) is 5.89. The van der Waals surface area contributed by atoms with Gasteiger partial charge in [0.25, 0.3) is 0 Å². The van der Waals surface area contributed by atoms with Gasteiger partial charge >= 0.3 is 0 Å². The zero-order valence-electron chi connectivity index (χ0n) is 11.0. The van der Waals surface area contributed by atoms with E-state index in [4.69, 9.17) is 9.47 Å². The van der Waals surface area contributed by atoms with Crippen LogP contribution in [0, 0.1) is 6.92 Å². The third-order valence-electron chi connectivity index (χ3n) is 2.38. The number of hydrogen-bond donors (Lipinski definition) is 1. The number of nitrogens with zero attached hydrogens (tertiary/aromatic N) is 2. The second-order valence-electron chi connectivity index (χ2n) is 3.76. The highest BCUT2D eigenvalue weighted by atomic mass is 16.5. The van der Waals surface area contributed by atoms with Crippen LogP contribution in [-0.2, 0) is 11.2 Å². The fourth-order valence-electron chi connectivity index (χ4n) is 1.48. The zero-order chi connectivity index (χ0) is 12.7. The summed E-state index contributed by atoms with van der Waals surface area (Å²) >= 11 is 0. The van der Waals surface area contributed by atoms with Crippen LogP contribution in [0.2, 0.25) is 0 Å². The minimum absolute atomic E-state index is 0.503. The van der Waals surface area contributed by atoms with Gasteiger partial charge in [-0.05, 0) is 13.3 Å². The Morgan fingerprint density at radius 3 is 2.59 bits per heavy atom. The van der Waals surface area contributed by atoms with Crippen LogP contribution >= 0.6 is 0 Å². The lowest BCUT2D eigenvalue weighted by Crippen LogP contribution is -2.10. The number of rotatable bonds is 7. The van der Waals surface area contributed by atoms with Gasteiger partial charge in [-0.1, -0.05) is 6.92 Å². The topological polar surface area (TPSA) is 56.3 Å². The number of aromatic nitrogens is 2. The second-order valence-corrected chi connectivity index (χ2v) is 3.76. The molecule has 1 heterocycles. The second kappa shape index (κ2) is 7.06. The van der Waals surface area contributed by atoms with Crippen LogP contribution in [0.3, 0.4) is 0 Å². The summed E-state index contributed by atoms with van der Waals surface area (Å²) in [6, 6.07) is 0. The van der Waals surface area contributed by atoms with Gasteiger partial charge < -0.3 is 14.8 Å². The molecule has 0 aliphatic heterocycles. The zero-order valence-corrected chi connectivity index (χ0v) is 11.0. The van der Waals surface area contributed by atoms with E-state index in [-0.39, 0.29) is 0 Å². The average Bonchev–Trinajstić information content (AvgIpc) is 2.33. The lowest BCUT2D eigenvalue weighted by Gasteiger charge is -2.12. The molecule has 0 saturated carbocycles. The Balaban J connectivity index is 2.88. The predicted octanol–water partition coefficient (Wildman–Crippen LogP) is 1.80. The van der Waals surface area contributed by atoms with E-state index in [1.807, 2.05) is 14.0 Å². The lowest BCUT2D eigenvalue weighted by molar-refractivity contribution is 0.143. The van der Waals surface area contributed by atoms with E-state index in [0.717, 1.165) is 30.0 Å². The molecule has 0 aromatic carbocycles. The van der Waals surface area contributed by atoms with Gasteiger partial charge in [0.2, 0.25) is 5.88 Å². The highest BCUT2D eigenvalue weighted by molar-refractivity contribution is 5.48. The Morgan fingerprint density at radius 2 is 2.00 bits per heavy atom. The monoisotopic (exact) mass is 239 g/mol. The largest absolute Gasteiger partial charge is 0.475 e. The number of nitrogens with one attached hydrogen (secondary N) is 1. The first-order chi connectivity index (χ1) is 8.22. The van der Waals surface area contributed by atoms with Crippen LogP contribution in [0.15, 0.2) is 0 Å². The minimum atomic E-state index is 0.503. The summed E-state index contributed by atoms with van der Waals surface area (Å²) in [4.78, 5) is 8.85. The third-order valence-corrected chi connectivity index (χ3v) is 2.38. The molecule has 0 radical (unpaired) electrons. The molecule has 0 aliphatic carbocycles. The predicted molar refractivity (Wildman–Crippen MR) is 67.7 cm³/mol. The molecule has 1 aromatic heterocycles. The maximum atomic E-state index is 5.59. The SMILES string of the molecule is CCCc1nc(NC)c(C)c(OCCOC)n1. The molecule has 5 heteroatoms. The van der Waals surface area contributed by atoms with Crippen molar-refractivity contribution >= 4 is 5.82 Å². The molecule has 0 atom stereocenters. The molecule has 5 nitrogen and oxygen atoms in total. The van der Waals surface area contributed by atoms with Gasteiger partial charge in [-0.2, -0.15) is 4.98 Å². The van der Waals surface area contributed by atoms with Crippen LogP contribution in [0.4, 0.5) is 5.82 Å². The molecule has 1 N–H and O–H groups in total. The molecule has 1 aromatic rings. The Morgan fingerprint density at radius 1 is 1.24 bits per heavy atom. The van der Waals surface area contributed by atoms with Gasteiger partial charge in [0.15, 0.2) is 0 Å². The van der Waals surface area contributed by atoms with E-state index < -0.39 is 0 Å². The van der Waals surface area contributed by atoms with Gasteiger partial charge in [-0.15, -0.1) is 0 Å². The van der Waals surface area contributed by atoms with E-state index in [1.54, 1.807) is 7.11 Å². The van der Waals surface area contributed by atoms with Crippen molar-refractivity contribution in [2.75, 3.05) is 32.7 Å². The average molecular weight is 239 g/mol. The van der Waals surface area contributed by atoms with Crippen LogP contribution in [0.1, 0.15) is 24.7 Å². The van der Waals surface area contributed by atoms with Crippen molar-refractivity contribution in [1.82, 2.24) is 9.97 Å². The van der Waals surface area contributed by atoms with Crippen molar-refractivity contribution in [3.05, 3.63) is 11.4 Å².